The van der Waals surface area contributed by atoms with Gasteiger partial charge in [0.1, 0.15) is 24.4 Å². The zero-order chi connectivity index (χ0) is 60.0. The van der Waals surface area contributed by atoms with Gasteiger partial charge in [-0.2, -0.15) is 0 Å². The van der Waals surface area contributed by atoms with Crippen LogP contribution < -0.4 is 5.32 Å². The van der Waals surface area contributed by atoms with Gasteiger partial charge in [-0.05, 0) is 83.5 Å². The molecule has 0 aromatic heterocycles. The van der Waals surface area contributed by atoms with Crippen LogP contribution in [0.2, 0.25) is 0 Å². The molecular formula is C74H129NO8. The number of aliphatic hydroxyl groups is 5. The summed E-state index contributed by atoms with van der Waals surface area (Å²) in [4.78, 5) is 13.1. The molecule has 0 saturated carbocycles. The molecule has 478 valence electrons. The molecule has 0 radical (unpaired) electrons. The molecule has 0 aromatic rings. The van der Waals surface area contributed by atoms with Crippen molar-refractivity contribution in [3.63, 3.8) is 0 Å². The van der Waals surface area contributed by atoms with Crippen LogP contribution in [0.4, 0.5) is 0 Å². The van der Waals surface area contributed by atoms with Crippen molar-refractivity contribution in [2.45, 2.75) is 339 Å². The van der Waals surface area contributed by atoms with Crippen molar-refractivity contribution in [2.24, 2.45) is 0 Å². The third kappa shape index (κ3) is 50.7. The van der Waals surface area contributed by atoms with Gasteiger partial charge >= 0.3 is 0 Å². The molecule has 0 bridgehead atoms. The van der Waals surface area contributed by atoms with E-state index in [4.69, 9.17) is 9.47 Å². The summed E-state index contributed by atoms with van der Waals surface area (Å²) in [6, 6.07) is -0.829. The first-order valence-corrected chi connectivity index (χ1v) is 34.6. The summed E-state index contributed by atoms with van der Waals surface area (Å²) < 4.78 is 11.3. The molecule has 1 fully saturated rings. The van der Waals surface area contributed by atoms with E-state index in [1.165, 1.54) is 173 Å². The van der Waals surface area contributed by atoms with E-state index in [0.717, 1.165) is 103 Å². The molecule has 1 aliphatic heterocycles. The minimum absolute atomic E-state index is 0.202. The van der Waals surface area contributed by atoms with Crippen LogP contribution in [-0.4, -0.2) is 87.5 Å². The average molecular weight is 1160 g/mol. The quantitative estimate of drug-likeness (QED) is 0.0261. The van der Waals surface area contributed by atoms with Crippen LogP contribution in [0.3, 0.4) is 0 Å². The summed E-state index contributed by atoms with van der Waals surface area (Å²) in [5, 5.41) is 54.7. The van der Waals surface area contributed by atoms with Gasteiger partial charge in [0.15, 0.2) is 6.29 Å². The Hall–Kier alpha value is -3.15. The molecule has 6 N–H and O–H groups in total. The largest absolute Gasteiger partial charge is 0.394 e. The standard InChI is InChI=1S/C74H129NO8/c1-3-5-7-9-11-13-15-17-19-21-23-25-27-29-31-33-34-36-37-39-41-43-45-47-49-51-53-55-57-59-61-63-68(77)67(66-82-74-73(81)72(80)71(79)69(65-76)83-74)75-70(78)64-62-60-58-56-54-52-50-48-46-44-42-40-38-35-32-30-28-26-24-22-20-18-16-14-12-10-8-6-4-2/h6,8,12,14,18,20,24,26,30,32,38,40,44,46,50,52,61,63,67-69,71-74,76-77,79-81H,3-5,7,9-11,13,15-17,19,21-23,25,27-29,31,33-37,39,41-43,45,47-49,51,53-60,62,64-66H2,1-2H3,(H,75,78)/b8-6-,14-12-,20-18-,26-24-,32-30-,40-38-,46-44-,52-50-,63-61+. The number of aliphatic hydroxyl groups excluding tert-OH is 5. The summed E-state index contributed by atoms with van der Waals surface area (Å²) in [6.45, 7) is 3.67. The van der Waals surface area contributed by atoms with Crippen molar-refractivity contribution in [1.82, 2.24) is 5.32 Å². The fraction of sp³-hybridized carbons (Fsp3) is 0.743. The summed E-state index contributed by atoms with van der Waals surface area (Å²) in [7, 11) is 0. The number of carbonyl (C=O) groups excluding carboxylic acids is 1. The molecule has 1 aliphatic rings. The molecule has 1 amide bonds. The number of unbranched alkanes of at least 4 members (excludes halogenated alkanes) is 33. The molecule has 1 rings (SSSR count). The monoisotopic (exact) mass is 1160 g/mol. The number of allylic oxidation sites excluding steroid dienone is 17. The Morgan fingerprint density at radius 2 is 0.747 bits per heavy atom. The number of amides is 1. The normalized spacial score (nSPS) is 19.0. The van der Waals surface area contributed by atoms with Gasteiger partial charge in [0, 0.05) is 6.42 Å². The minimum atomic E-state index is -1.58. The number of carbonyl (C=O) groups is 1. The number of hydrogen-bond donors (Lipinski definition) is 6. The van der Waals surface area contributed by atoms with Gasteiger partial charge in [-0.3, -0.25) is 4.79 Å². The van der Waals surface area contributed by atoms with E-state index < -0.39 is 49.5 Å². The highest BCUT2D eigenvalue weighted by Gasteiger charge is 2.44. The lowest BCUT2D eigenvalue weighted by Crippen LogP contribution is -2.60. The van der Waals surface area contributed by atoms with Crippen molar-refractivity contribution in [2.75, 3.05) is 13.2 Å². The van der Waals surface area contributed by atoms with Crippen molar-refractivity contribution >= 4 is 5.91 Å². The minimum Gasteiger partial charge on any atom is -0.394 e. The second-order valence-electron chi connectivity index (χ2n) is 23.6. The average Bonchev–Trinajstić information content (AvgIpc) is 3.60. The van der Waals surface area contributed by atoms with Gasteiger partial charge in [0.05, 0.1) is 25.4 Å². The lowest BCUT2D eigenvalue weighted by atomic mass is 9.99. The third-order valence-electron chi connectivity index (χ3n) is 15.9. The lowest BCUT2D eigenvalue weighted by molar-refractivity contribution is -0.302. The Kier molecular flexibility index (Phi) is 58.1. The Labute approximate surface area is 510 Å². The van der Waals surface area contributed by atoms with E-state index in [-0.39, 0.29) is 12.5 Å². The molecule has 7 atom stereocenters. The van der Waals surface area contributed by atoms with Gasteiger partial charge in [-0.25, -0.2) is 0 Å². The Balaban J connectivity index is 2.19. The zero-order valence-corrected chi connectivity index (χ0v) is 53.4. The highest BCUT2D eigenvalue weighted by atomic mass is 16.7. The van der Waals surface area contributed by atoms with Crippen LogP contribution in [0, 0.1) is 0 Å². The highest BCUT2D eigenvalue weighted by molar-refractivity contribution is 5.76. The van der Waals surface area contributed by atoms with Crippen LogP contribution in [0.5, 0.6) is 0 Å². The lowest BCUT2D eigenvalue weighted by Gasteiger charge is -2.40. The molecular weight excluding hydrogens is 1030 g/mol. The van der Waals surface area contributed by atoms with Crippen LogP contribution in [0.1, 0.15) is 296 Å². The van der Waals surface area contributed by atoms with Crippen LogP contribution in [0.25, 0.3) is 0 Å². The first kappa shape index (κ1) is 77.9. The van der Waals surface area contributed by atoms with Crippen molar-refractivity contribution in [1.29, 1.82) is 0 Å². The molecule has 7 unspecified atom stereocenters. The summed E-state index contributed by atoms with van der Waals surface area (Å²) >= 11 is 0. The number of ether oxygens (including phenoxy) is 2. The van der Waals surface area contributed by atoms with Gasteiger partial charge in [0.25, 0.3) is 0 Å². The summed E-state index contributed by atoms with van der Waals surface area (Å²) in [5.41, 5.74) is 0. The number of hydrogen-bond acceptors (Lipinski definition) is 8. The molecule has 9 nitrogen and oxygen atoms in total. The topological polar surface area (TPSA) is 149 Å². The smallest absolute Gasteiger partial charge is 0.220 e. The number of nitrogens with one attached hydrogen (secondary N) is 1. The SMILES string of the molecule is CC/C=C\C/C=C\C/C=C\C/C=C\C/C=C\C/C=C\C/C=C\C/C=C\CCCCCCC(=O)NC(COC1OC(CO)C(O)C(O)C1O)C(O)/C=C/CCCCCCCCCCCCCCCCCCCCCCCCCCCCCCC. The maximum Gasteiger partial charge on any atom is 0.220 e. The summed E-state index contributed by atoms with van der Waals surface area (Å²) in [6.07, 6.45) is 84.7. The van der Waals surface area contributed by atoms with Gasteiger partial charge in [-0.15, -0.1) is 0 Å². The fourth-order valence-corrected chi connectivity index (χ4v) is 10.5. The third-order valence-corrected chi connectivity index (χ3v) is 15.9. The maximum atomic E-state index is 13.1. The first-order chi connectivity index (χ1) is 40.8. The highest BCUT2D eigenvalue weighted by Crippen LogP contribution is 2.23. The molecule has 1 saturated heterocycles. The second-order valence-corrected chi connectivity index (χ2v) is 23.6. The van der Waals surface area contributed by atoms with Gasteiger partial charge in [-0.1, -0.05) is 316 Å². The Bertz CT molecular complexity index is 1680. The molecule has 0 aromatic carbocycles. The summed E-state index contributed by atoms with van der Waals surface area (Å²) in [5.74, 6) is -0.202. The van der Waals surface area contributed by atoms with Crippen LogP contribution >= 0.6 is 0 Å². The van der Waals surface area contributed by atoms with Crippen LogP contribution in [-0.2, 0) is 14.3 Å². The second kappa shape index (κ2) is 61.9. The zero-order valence-electron chi connectivity index (χ0n) is 53.4. The first-order valence-electron chi connectivity index (χ1n) is 34.6. The van der Waals surface area contributed by atoms with Crippen LogP contribution in [0.15, 0.2) is 109 Å². The molecule has 83 heavy (non-hydrogen) atoms. The Morgan fingerprint density at radius 3 is 1.11 bits per heavy atom. The van der Waals surface area contributed by atoms with Crippen molar-refractivity contribution in [3.05, 3.63) is 109 Å². The van der Waals surface area contributed by atoms with E-state index in [0.29, 0.717) is 6.42 Å². The van der Waals surface area contributed by atoms with E-state index in [1.54, 1.807) is 6.08 Å². The predicted octanol–water partition coefficient (Wildman–Crippen LogP) is 18.9. The van der Waals surface area contributed by atoms with E-state index in [9.17, 15) is 30.3 Å². The molecule has 9 heteroatoms. The van der Waals surface area contributed by atoms with E-state index in [2.05, 4.69) is 116 Å². The van der Waals surface area contributed by atoms with Gasteiger partial charge in [0.2, 0.25) is 5.91 Å². The molecule has 1 heterocycles. The fourth-order valence-electron chi connectivity index (χ4n) is 10.5. The van der Waals surface area contributed by atoms with E-state index >= 15 is 0 Å². The predicted molar refractivity (Wildman–Crippen MR) is 354 cm³/mol. The van der Waals surface area contributed by atoms with E-state index in [1.807, 2.05) is 6.08 Å². The number of rotatable bonds is 59. The molecule has 0 aliphatic carbocycles. The maximum absolute atomic E-state index is 13.1. The van der Waals surface area contributed by atoms with Crippen molar-refractivity contribution in [3.8, 4) is 0 Å². The Morgan fingerprint density at radius 1 is 0.422 bits per heavy atom. The van der Waals surface area contributed by atoms with Gasteiger partial charge < -0.3 is 40.3 Å². The molecule has 0 spiro atoms. The van der Waals surface area contributed by atoms with Crippen molar-refractivity contribution < 1.29 is 39.8 Å².